The molecular formula is C18H19ClO. The molecule has 0 aliphatic heterocycles. The lowest BCUT2D eigenvalue weighted by Crippen LogP contribution is -2.12. The van der Waals surface area contributed by atoms with Gasteiger partial charge in [-0.25, -0.2) is 0 Å². The maximum atomic E-state index is 6.49. The lowest BCUT2D eigenvalue weighted by Gasteiger charge is -2.27. The summed E-state index contributed by atoms with van der Waals surface area (Å²) in [5.74, 6) is 2.54. The molecule has 0 bridgehead atoms. The first kappa shape index (κ1) is 13.5. The first-order valence-electron chi connectivity index (χ1n) is 7.28. The van der Waals surface area contributed by atoms with Crippen molar-refractivity contribution in [2.24, 2.45) is 5.92 Å². The van der Waals surface area contributed by atoms with Crippen LogP contribution >= 0.6 is 11.6 Å². The molecule has 0 radical (unpaired) electrons. The van der Waals surface area contributed by atoms with E-state index in [1.54, 1.807) is 0 Å². The molecule has 104 valence electrons. The number of alkyl halides is 1. The van der Waals surface area contributed by atoms with E-state index >= 15 is 0 Å². The lowest BCUT2D eigenvalue weighted by atomic mass is 9.81. The van der Waals surface area contributed by atoms with Crippen molar-refractivity contribution in [3.63, 3.8) is 0 Å². The van der Waals surface area contributed by atoms with Gasteiger partial charge in [0.2, 0.25) is 0 Å². The van der Waals surface area contributed by atoms with Gasteiger partial charge in [0.1, 0.15) is 11.5 Å². The SMILES string of the molecule is ClC(CC1CCC1)c1ccc(Oc2ccccc2)cc1. The third kappa shape index (κ3) is 3.34. The van der Waals surface area contributed by atoms with Gasteiger partial charge in [0, 0.05) is 0 Å². The Hall–Kier alpha value is -1.47. The Labute approximate surface area is 125 Å². The van der Waals surface area contributed by atoms with E-state index in [2.05, 4.69) is 12.1 Å². The molecule has 20 heavy (non-hydrogen) atoms. The molecule has 0 N–H and O–H groups in total. The standard InChI is InChI=1S/C18H19ClO/c19-18(13-14-5-4-6-14)15-9-11-17(12-10-15)20-16-7-2-1-3-8-16/h1-3,7-12,14,18H,4-6,13H2. The zero-order chi connectivity index (χ0) is 13.8. The van der Waals surface area contributed by atoms with E-state index in [-0.39, 0.29) is 5.38 Å². The number of hydrogen-bond donors (Lipinski definition) is 0. The highest BCUT2D eigenvalue weighted by atomic mass is 35.5. The fourth-order valence-corrected chi connectivity index (χ4v) is 2.92. The maximum Gasteiger partial charge on any atom is 0.127 e. The van der Waals surface area contributed by atoms with E-state index in [1.807, 2.05) is 42.5 Å². The molecule has 0 heterocycles. The molecule has 0 saturated heterocycles. The summed E-state index contributed by atoms with van der Waals surface area (Å²) < 4.78 is 5.78. The molecule has 1 atom stereocenters. The Balaban J connectivity index is 1.61. The molecule has 1 aliphatic rings. The number of ether oxygens (including phenoxy) is 1. The molecule has 0 spiro atoms. The second kappa shape index (κ2) is 6.32. The van der Waals surface area contributed by atoms with Gasteiger partial charge in [0.05, 0.1) is 5.38 Å². The average Bonchev–Trinajstić information content (AvgIpc) is 2.44. The normalized spacial score (nSPS) is 16.4. The van der Waals surface area contributed by atoms with Gasteiger partial charge in [0.15, 0.2) is 0 Å². The first-order chi connectivity index (χ1) is 9.81. The molecule has 1 unspecified atom stereocenters. The van der Waals surface area contributed by atoms with Crippen LogP contribution in [-0.4, -0.2) is 0 Å². The van der Waals surface area contributed by atoms with Gasteiger partial charge in [-0.2, -0.15) is 0 Å². The van der Waals surface area contributed by atoms with Crippen molar-refractivity contribution >= 4 is 11.6 Å². The van der Waals surface area contributed by atoms with E-state index in [1.165, 1.54) is 24.8 Å². The minimum atomic E-state index is 0.131. The van der Waals surface area contributed by atoms with E-state index in [4.69, 9.17) is 16.3 Å². The Morgan fingerprint density at radius 3 is 2.20 bits per heavy atom. The Kier molecular flexibility index (Phi) is 4.27. The summed E-state index contributed by atoms with van der Waals surface area (Å²) in [7, 11) is 0. The second-order valence-electron chi connectivity index (χ2n) is 5.48. The fourth-order valence-electron chi connectivity index (χ4n) is 2.53. The van der Waals surface area contributed by atoms with Gasteiger partial charge in [-0.15, -0.1) is 11.6 Å². The Bertz CT molecular complexity index is 531. The average molecular weight is 287 g/mol. The van der Waals surface area contributed by atoms with Gasteiger partial charge in [-0.05, 0) is 42.2 Å². The maximum absolute atomic E-state index is 6.49. The van der Waals surface area contributed by atoms with Crippen molar-refractivity contribution in [1.29, 1.82) is 0 Å². The lowest BCUT2D eigenvalue weighted by molar-refractivity contribution is 0.293. The van der Waals surface area contributed by atoms with Crippen LogP contribution in [0.5, 0.6) is 11.5 Å². The summed E-state index contributed by atoms with van der Waals surface area (Å²) in [5, 5.41) is 0.131. The molecule has 2 aromatic carbocycles. The van der Waals surface area contributed by atoms with E-state index in [0.717, 1.165) is 23.8 Å². The van der Waals surface area contributed by atoms with Crippen LogP contribution in [0.3, 0.4) is 0 Å². The van der Waals surface area contributed by atoms with E-state index in [0.29, 0.717) is 0 Å². The molecule has 0 amide bonds. The highest BCUT2D eigenvalue weighted by Crippen LogP contribution is 2.38. The van der Waals surface area contributed by atoms with Crippen molar-refractivity contribution < 1.29 is 4.74 Å². The summed E-state index contributed by atoms with van der Waals surface area (Å²) in [6.07, 6.45) is 5.16. The van der Waals surface area contributed by atoms with Crippen molar-refractivity contribution in [2.75, 3.05) is 0 Å². The van der Waals surface area contributed by atoms with Crippen molar-refractivity contribution in [2.45, 2.75) is 31.1 Å². The number of para-hydroxylation sites is 1. The minimum Gasteiger partial charge on any atom is -0.457 e. The monoisotopic (exact) mass is 286 g/mol. The van der Waals surface area contributed by atoms with Gasteiger partial charge in [-0.1, -0.05) is 49.6 Å². The fraction of sp³-hybridized carbons (Fsp3) is 0.333. The van der Waals surface area contributed by atoms with Crippen molar-refractivity contribution in [1.82, 2.24) is 0 Å². The number of hydrogen-bond acceptors (Lipinski definition) is 1. The highest BCUT2D eigenvalue weighted by molar-refractivity contribution is 6.20. The quantitative estimate of drug-likeness (QED) is 0.617. The summed E-state index contributed by atoms with van der Waals surface area (Å²) in [5.41, 5.74) is 1.19. The summed E-state index contributed by atoms with van der Waals surface area (Å²) in [6.45, 7) is 0. The number of halogens is 1. The summed E-state index contributed by atoms with van der Waals surface area (Å²) in [4.78, 5) is 0. The van der Waals surface area contributed by atoms with Crippen molar-refractivity contribution in [3.8, 4) is 11.5 Å². The smallest absolute Gasteiger partial charge is 0.127 e. The zero-order valence-corrected chi connectivity index (χ0v) is 12.2. The molecule has 1 saturated carbocycles. The van der Waals surface area contributed by atoms with Crippen LogP contribution in [0.15, 0.2) is 54.6 Å². The molecule has 3 rings (SSSR count). The molecule has 1 nitrogen and oxygen atoms in total. The largest absolute Gasteiger partial charge is 0.457 e. The van der Waals surface area contributed by atoms with Crippen LogP contribution in [0.1, 0.15) is 36.6 Å². The van der Waals surface area contributed by atoms with Crippen LogP contribution in [0.4, 0.5) is 0 Å². The first-order valence-corrected chi connectivity index (χ1v) is 7.72. The highest BCUT2D eigenvalue weighted by Gasteiger charge is 2.21. The molecular weight excluding hydrogens is 268 g/mol. The van der Waals surface area contributed by atoms with E-state index in [9.17, 15) is 0 Å². The molecule has 1 fully saturated rings. The molecule has 0 aromatic heterocycles. The van der Waals surface area contributed by atoms with Gasteiger partial charge < -0.3 is 4.74 Å². The van der Waals surface area contributed by atoms with Crippen LogP contribution in [0, 0.1) is 5.92 Å². The van der Waals surface area contributed by atoms with Crippen LogP contribution < -0.4 is 4.74 Å². The molecule has 1 aliphatic carbocycles. The van der Waals surface area contributed by atoms with Crippen LogP contribution in [0.2, 0.25) is 0 Å². The number of benzene rings is 2. The molecule has 2 aromatic rings. The third-order valence-electron chi connectivity index (χ3n) is 3.99. The summed E-state index contributed by atoms with van der Waals surface area (Å²) >= 11 is 6.49. The van der Waals surface area contributed by atoms with Gasteiger partial charge in [0.25, 0.3) is 0 Å². The number of rotatable bonds is 5. The Morgan fingerprint density at radius 1 is 0.950 bits per heavy atom. The molecule has 2 heteroatoms. The predicted octanol–water partition coefficient (Wildman–Crippen LogP) is 5.95. The van der Waals surface area contributed by atoms with Crippen LogP contribution in [-0.2, 0) is 0 Å². The minimum absolute atomic E-state index is 0.131. The topological polar surface area (TPSA) is 9.23 Å². The van der Waals surface area contributed by atoms with Crippen LogP contribution in [0.25, 0.3) is 0 Å². The van der Waals surface area contributed by atoms with E-state index < -0.39 is 0 Å². The van der Waals surface area contributed by atoms with Crippen molar-refractivity contribution in [3.05, 3.63) is 60.2 Å². The second-order valence-corrected chi connectivity index (χ2v) is 6.01. The van der Waals surface area contributed by atoms with Gasteiger partial charge >= 0.3 is 0 Å². The summed E-state index contributed by atoms with van der Waals surface area (Å²) in [6, 6.07) is 18.0. The Morgan fingerprint density at radius 2 is 1.60 bits per heavy atom. The zero-order valence-electron chi connectivity index (χ0n) is 11.5. The predicted molar refractivity (Wildman–Crippen MR) is 83.5 cm³/mol. The van der Waals surface area contributed by atoms with Gasteiger partial charge in [-0.3, -0.25) is 0 Å². The third-order valence-corrected chi connectivity index (χ3v) is 4.42.